The molecule has 0 radical (unpaired) electrons. The maximum absolute atomic E-state index is 13.3. The minimum absolute atomic E-state index is 0.129. The van der Waals surface area contributed by atoms with E-state index in [0.29, 0.717) is 33.5 Å². The van der Waals surface area contributed by atoms with Crippen molar-refractivity contribution in [3.05, 3.63) is 113 Å². The normalized spacial score (nSPS) is 15.8. The van der Waals surface area contributed by atoms with Gasteiger partial charge in [0.15, 0.2) is 0 Å². The molecule has 0 saturated heterocycles. The Morgan fingerprint density at radius 3 is 1.92 bits per heavy atom. The Labute approximate surface area is 214 Å². The van der Waals surface area contributed by atoms with Crippen molar-refractivity contribution in [2.24, 2.45) is 0 Å². The van der Waals surface area contributed by atoms with E-state index in [-0.39, 0.29) is 13.0 Å². The first-order chi connectivity index (χ1) is 16.8. The zero-order valence-corrected chi connectivity index (χ0v) is 20.0. The molecule has 3 aromatic rings. The molecule has 0 fully saturated rings. The van der Waals surface area contributed by atoms with Gasteiger partial charge in [-0.25, -0.2) is 0 Å². The van der Waals surface area contributed by atoms with Crippen LogP contribution in [0.5, 0.6) is 0 Å². The Morgan fingerprint density at radius 1 is 0.722 bits per heavy atom. The lowest BCUT2D eigenvalue weighted by Gasteiger charge is -2.29. The highest BCUT2D eigenvalue weighted by molar-refractivity contribution is 6.54. The summed E-state index contributed by atoms with van der Waals surface area (Å²) >= 11 is 13.1. The molecule has 0 saturated carbocycles. The van der Waals surface area contributed by atoms with Crippen LogP contribution in [0.4, 0.5) is 26.3 Å². The summed E-state index contributed by atoms with van der Waals surface area (Å²) in [6, 6.07) is 16.9. The SMILES string of the molecule is FC(F)(F)c1ccc(C2=CC=C(NCc3ccc(C(F)(F)F)cc3-c3ccccc3)CC2(Cl)Cl)cc1. The van der Waals surface area contributed by atoms with Crippen molar-refractivity contribution in [1.82, 2.24) is 5.32 Å². The predicted molar refractivity (Wildman–Crippen MR) is 130 cm³/mol. The number of benzene rings is 3. The molecule has 9 heteroatoms. The molecule has 0 aromatic heterocycles. The lowest BCUT2D eigenvalue weighted by Crippen LogP contribution is -2.25. The highest BCUT2D eigenvalue weighted by atomic mass is 35.5. The average Bonchev–Trinajstić information content (AvgIpc) is 2.81. The molecule has 1 N–H and O–H groups in total. The predicted octanol–water partition coefficient (Wildman–Crippen LogP) is 9.03. The molecule has 0 amide bonds. The molecule has 0 spiro atoms. The summed E-state index contributed by atoms with van der Waals surface area (Å²) in [5, 5.41) is 3.18. The molecule has 36 heavy (non-hydrogen) atoms. The molecular formula is C27H19Cl2F6N. The van der Waals surface area contributed by atoms with Gasteiger partial charge in [-0.2, -0.15) is 26.3 Å². The summed E-state index contributed by atoms with van der Waals surface area (Å²) in [5.41, 5.74) is 1.75. The van der Waals surface area contributed by atoms with Gasteiger partial charge in [0, 0.05) is 18.7 Å². The Kier molecular flexibility index (Phi) is 7.17. The van der Waals surface area contributed by atoms with Crippen LogP contribution in [-0.2, 0) is 18.9 Å². The van der Waals surface area contributed by atoms with Crippen molar-refractivity contribution < 1.29 is 26.3 Å². The van der Waals surface area contributed by atoms with Gasteiger partial charge < -0.3 is 5.32 Å². The third kappa shape index (κ3) is 5.90. The Hall–Kier alpha value is -2.90. The van der Waals surface area contributed by atoms with Gasteiger partial charge in [-0.1, -0.05) is 77.8 Å². The first-order valence-corrected chi connectivity index (χ1v) is 11.6. The van der Waals surface area contributed by atoms with Gasteiger partial charge in [0.05, 0.1) is 11.1 Å². The quantitative estimate of drug-likeness (QED) is 0.251. The van der Waals surface area contributed by atoms with E-state index in [2.05, 4.69) is 5.32 Å². The Bertz CT molecular complexity index is 1290. The fourth-order valence-corrected chi connectivity index (χ4v) is 4.60. The highest BCUT2D eigenvalue weighted by Gasteiger charge is 2.35. The summed E-state index contributed by atoms with van der Waals surface area (Å²) in [4.78, 5) is 0. The monoisotopic (exact) mass is 541 g/mol. The molecule has 0 unspecified atom stereocenters. The van der Waals surface area contributed by atoms with Crippen molar-refractivity contribution in [3.63, 3.8) is 0 Å². The molecule has 0 atom stereocenters. The number of nitrogens with one attached hydrogen (secondary N) is 1. The minimum Gasteiger partial charge on any atom is -0.384 e. The zero-order valence-electron chi connectivity index (χ0n) is 18.5. The molecule has 3 aromatic carbocycles. The van der Waals surface area contributed by atoms with E-state index in [1.165, 1.54) is 18.2 Å². The van der Waals surface area contributed by atoms with Crippen LogP contribution in [0.15, 0.2) is 90.6 Å². The topological polar surface area (TPSA) is 12.0 Å². The van der Waals surface area contributed by atoms with E-state index in [1.807, 2.05) is 0 Å². The van der Waals surface area contributed by atoms with Crippen LogP contribution < -0.4 is 5.32 Å². The number of halogens is 8. The van der Waals surface area contributed by atoms with Crippen LogP contribution in [0.25, 0.3) is 16.7 Å². The van der Waals surface area contributed by atoms with Crippen LogP contribution in [-0.4, -0.2) is 4.33 Å². The molecule has 1 aliphatic rings. The lowest BCUT2D eigenvalue weighted by molar-refractivity contribution is -0.138. The van der Waals surface area contributed by atoms with Gasteiger partial charge in [0.1, 0.15) is 4.33 Å². The molecule has 1 nitrogen and oxygen atoms in total. The maximum atomic E-state index is 13.3. The third-order valence-corrected chi connectivity index (χ3v) is 6.48. The van der Waals surface area contributed by atoms with Crippen LogP contribution in [0.1, 0.15) is 28.7 Å². The van der Waals surface area contributed by atoms with Crippen molar-refractivity contribution >= 4 is 28.8 Å². The number of allylic oxidation sites excluding steroid dienone is 4. The van der Waals surface area contributed by atoms with Crippen LogP contribution in [0.3, 0.4) is 0 Å². The number of hydrogen-bond donors (Lipinski definition) is 1. The fourth-order valence-electron chi connectivity index (χ4n) is 3.97. The van der Waals surface area contributed by atoms with Crippen LogP contribution >= 0.6 is 23.2 Å². The summed E-state index contributed by atoms with van der Waals surface area (Å²) in [5.74, 6) is 0. The smallest absolute Gasteiger partial charge is 0.384 e. The van der Waals surface area contributed by atoms with E-state index in [1.54, 1.807) is 42.5 Å². The highest BCUT2D eigenvalue weighted by Crippen LogP contribution is 2.44. The number of rotatable bonds is 5. The average molecular weight is 542 g/mol. The number of alkyl halides is 8. The van der Waals surface area contributed by atoms with Gasteiger partial charge in [-0.05, 0) is 58.2 Å². The van der Waals surface area contributed by atoms with E-state index in [4.69, 9.17) is 23.2 Å². The van der Waals surface area contributed by atoms with Gasteiger partial charge >= 0.3 is 12.4 Å². The maximum Gasteiger partial charge on any atom is 0.416 e. The van der Waals surface area contributed by atoms with E-state index >= 15 is 0 Å². The first kappa shape index (κ1) is 26.2. The van der Waals surface area contributed by atoms with E-state index in [9.17, 15) is 26.3 Å². The third-order valence-electron chi connectivity index (χ3n) is 5.81. The minimum atomic E-state index is -4.47. The standard InChI is InChI=1S/C27H19Cl2F6N/c28-25(29)15-22(12-13-24(25)18-6-9-20(10-7-18)26(30,31)32)36-16-19-8-11-21(27(33,34)35)14-23(19)17-4-2-1-3-5-17/h1-14,36H,15-16H2. The molecule has 0 aliphatic heterocycles. The Morgan fingerprint density at radius 2 is 1.33 bits per heavy atom. The second-order valence-electron chi connectivity index (χ2n) is 8.32. The summed E-state index contributed by atoms with van der Waals surface area (Å²) < 4.78 is 77.1. The fraction of sp³-hybridized carbons (Fsp3) is 0.185. The second-order valence-corrected chi connectivity index (χ2v) is 9.80. The van der Waals surface area contributed by atoms with Crippen LogP contribution in [0, 0.1) is 0 Å². The van der Waals surface area contributed by atoms with E-state index < -0.39 is 27.8 Å². The van der Waals surface area contributed by atoms with Gasteiger partial charge in [-0.15, -0.1) is 0 Å². The van der Waals surface area contributed by atoms with Crippen molar-refractivity contribution in [2.45, 2.75) is 29.7 Å². The molecule has 1 aliphatic carbocycles. The molecule has 0 heterocycles. The second kappa shape index (κ2) is 9.87. The van der Waals surface area contributed by atoms with Crippen LogP contribution in [0.2, 0.25) is 0 Å². The first-order valence-electron chi connectivity index (χ1n) is 10.8. The molecular weight excluding hydrogens is 523 g/mol. The molecule has 4 rings (SSSR count). The largest absolute Gasteiger partial charge is 0.416 e. The summed E-state index contributed by atoms with van der Waals surface area (Å²) in [7, 11) is 0. The van der Waals surface area contributed by atoms with Gasteiger partial charge in [0.25, 0.3) is 0 Å². The van der Waals surface area contributed by atoms with Gasteiger partial charge in [0.2, 0.25) is 0 Å². The summed E-state index contributed by atoms with van der Waals surface area (Å²) in [6.45, 7) is 0.210. The van der Waals surface area contributed by atoms with E-state index in [0.717, 1.165) is 24.3 Å². The van der Waals surface area contributed by atoms with Crippen molar-refractivity contribution in [2.75, 3.05) is 0 Å². The molecule has 188 valence electrons. The van der Waals surface area contributed by atoms with Crippen molar-refractivity contribution in [3.8, 4) is 11.1 Å². The summed E-state index contributed by atoms with van der Waals surface area (Å²) in [6.07, 6.45) is -5.46. The van der Waals surface area contributed by atoms with Crippen molar-refractivity contribution in [1.29, 1.82) is 0 Å². The van der Waals surface area contributed by atoms with Gasteiger partial charge in [-0.3, -0.25) is 0 Å². The zero-order chi connectivity index (χ0) is 26.1. The Balaban J connectivity index is 1.58. The lowest BCUT2D eigenvalue weighted by atomic mass is 9.93. The molecule has 0 bridgehead atoms. The number of hydrogen-bond acceptors (Lipinski definition) is 1.